The van der Waals surface area contributed by atoms with Gasteiger partial charge in [0.25, 0.3) is 0 Å². The maximum absolute atomic E-state index is 10.3. The van der Waals surface area contributed by atoms with Crippen LogP contribution in [-0.2, 0) is 4.79 Å². The number of carboxylic acid groups (broad SMARTS) is 1. The molecule has 0 saturated carbocycles. The molecule has 64 valence electrons. The first kappa shape index (κ1) is 10.2. The summed E-state index contributed by atoms with van der Waals surface area (Å²) in [6.45, 7) is 6.60. The molecule has 11 heavy (non-hydrogen) atoms. The van der Waals surface area contributed by atoms with Crippen LogP contribution in [0.5, 0.6) is 0 Å². The van der Waals surface area contributed by atoms with E-state index in [0.717, 1.165) is 0 Å². The predicted octanol–water partition coefficient (Wildman–Crippen LogP) is 1.03. The molecule has 1 atom stereocenters. The number of carbonyl (C=O) groups is 1. The highest BCUT2D eigenvalue weighted by atomic mass is 16.4. The summed E-state index contributed by atoms with van der Waals surface area (Å²) in [5.74, 6) is -1.31. The van der Waals surface area contributed by atoms with Crippen LogP contribution in [0.3, 0.4) is 0 Å². The fourth-order valence-electron chi connectivity index (χ4n) is 0.810. The number of aliphatic carboxylic acids is 1. The van der Waals surface area contributed by atoms with Gasteiger partial charge in [-0.25, -0.2) is 0 Å². The molecule has 0 aromatic heterocycles. The van der Waals surface area contributed by atoms with Crippen LogP contribution in [0.4, 0.5) is 0 Å². The molecule has 0 aliphatic carbocycles. The molecule has 2 N–H and O–H groups in total. The number of aliphatic hydroxyl groups is 1. The van der Waals surface area contributed by atoms with Gasteiger partial charge >= 0.3 is 5.97 Å². The normalized spacial score (nSPS) is 14.1. The van der Waals surface area contributed by atoms with Crippen molar-refractivity contribution in [2.45, 2.75) is 25.9 Å². The summed E-state index contributed by atoms with van der Waals surface area (Å²) < 4.78 is 0. The molecule has 3 heteroatoms. The minimum absolute atomic E-state index is 0.0764. The summed E-state index contributed by atoms with van der Waals surface area (Å²) in [6, 6.07) is 0. The lowest BCUT2D eigenvalue weighted by atomic mass is 9.88. The molecule has 0 amide bonds. The average molecular weight is 158 g/mol. The fraction of sp³-hybridized carbons (Fsp3) is 0.625. The van der Waals surface area contributed by atoms with E-state index < -0.39 is 11.6 Å². The van der Waals surface area contributed by atoms with Crippen LogP contribution in [-0.4, -0.2) is 21.8 Å². The van der Waals surface area contributed by atoms with Gasteiger partial charge in [-0.2, -0.15) is 0 Å². The first-order valence-corrected chi connectivity index (χ1v) is 3.44. The Balaban J connectivity index is 4.18. The van der Waals surface area contributed by atoms with Gasteiger partial charge in [-0.3, -0.25) is 4.79 Å². The van der Waals surface area contributed by atoms with Crippen molar-refractivity contribution < 1.29 is 15.0 Å². The van der Waals surface area contributed by atoms with Crippen LogP contribution >= 0.6 is 0 Å². The molecular weight excluding hydrogens is 144 g/mol. The standard InChI is InChI=1S/C8H14O3/c1-4-6(5-7(9)10)8(2,3)11/h4,6,11H,1,5H2,2-3H3,(H,9,10). The van der Waals surface area contributed by atoms with Crippen molar-refractivity contribution in [3.8, 4) is 0 Å². The van der Waals surface area contributed by atoms with E-state index in [-0.39, 0.29) is 12.3 Å². The highest BCUT2D eigenvalue weighted by Crippen LogP contribution is 2.20. The fourth-order valence-corrected chi connectivity index (χ4v) is 0.810. The molecule has 0 aliphatic rings. The Bertz CT molecular complexity index is 155. The van der Waals surface area contributed by atoms with Crippen molar-refractivity contribution in [2.24, 2.45) is 5.92 Å². The highest BCUT2D eigenvalue weighted by Gasteiger charge is 2.25. The minimum Gasteiger partial charge on any atom is -0.481 e. The molecule has 1 unspecified atom stereocenters. The Labute approximate surface area is 66.4 Å². The predicted molar refractivity (Wildman–Crippen MR) is 42.2 cm³/mol. The number of hydrogen-bond donors (Lipinski definition) is 2. The zero-order chi connectivity index (χ0) is 9.07. The van der Waals surface area contributed by atoms with Crippen LogP contribution in [0.25, 0.3) is 0 Å². The van der Waals surface area contributed by atoms with E-state index in [0.29, 0.717) is 0 Å². The number of carboxylic acids is 1. The lowest BCUT2D eigenvalue weighted by Gasteiger charge is -2.24. The maximum Gasteiger partial charge on any atom is 0.304 e. The van der Waals surface area contributed by atoms with E-state index in [9.17, 15) is 9.90 Å². The molecule has 0 aliphatic heterocycles. The van der Waals surface area contributed by atoms with E-state index in [1.165, 1.54) is 6.08 Å². The largest absolute Gasteiger partial charge is 0.481 e. The zero-order valence-corrected chi connectivity index (χ0v) is 6.87. The molecule has 0 aromatic rings. The van der Waals surface area contributed by atoms with Crippen LogP contribution in [0, 0.1) is 5.92 Å². The topological polar surface area (TPSA) is 57.5 Å². The van der Waals surface area contributed by atoms with Gasteiger partial charge in [0.15, 0.2) is 0 Å². The minimum atomic E-state index is -1.000. The van der Waals surface area contributed by atoms with E-state index in [2.05, 4.69) is 6.58 Å². The SMILES string of the molecule is C=CC(CC(=O)O)C(C)(C)O. The molecular formula is C8H14O3. The smallest absolute Gasteiger partial charge is 0.304 e. The number of rotatable bonds is 4. The molecule has 0 spiro atoms. The van der Waals surface area contributed by atoms with Gasteiger partial charge in [-0.15, -0.1) is 6.58 Å². The van der Waals surface area contributed by atoms with Gasteiger partial charge in [0.1, 0.15) is 0 Å². The van der Waals surface area contributed by atoms with Crippen molar-refractivity contribution in [1.82, 2.24) is 0 Å². The summed E-state index contributed by atoms with van der Waals surface area (Å²) >= 11 is 0. The molecule has 0 rings (SSSR count). The number of hydrogen-bond acceptors (Lipinski definition) is 2. The summed E-state index contributed by atoms with van der Waals surface area (Å²) in [5.41, 5.74) is -1.000. The van der Waals surface area contributed by atoms with Gasteiger partial charge in [0.2, 0.25) is 0 Å². The van der Waals surface area contributed by atoms with Gasteiger partial charge in [-0.05, 0) is 13.8 Å². The third kappa shape index (κ3) is 3.78. The van der Waals surface area contributed by atoms with Crippen LogP contribution < -0.4 is 0 Å². The van der Waals surface area contributed by atoms with Crippen LogP contribution in [0.2, 0.25) is 0 Å². The average Bonchev–Trinajstić information content (AvgIpc) is 1.79. The monoisotopic (exact) mass is 158 g/mol. The van der Waals surface area contributed by atoms with Gasteiger partial charge < -0.3 is 10.2 Å². The maximum atomic E-state index is 10.3. The Morgan fingerprint density at radius 1 is 1.73 bits per heavy atom. The van der Waals surface area contributed by atoms with E-state index >= 15 is 0 Å². The Hall–Kier alpha value is -0.830. The summed E-state index contributed by atoms with van der Waals surface area (Å²) in [7, 11) is 0. The van der Waals surface area contributed by atoms with Crippen molar-refractivity contribution >= 4 is 5.97 Å². The Morgan fingerprint density at radius 2 is 2.18 bits per heavy atom. The summed E-state index contributed by atoms with van der Waals surface area (Å²) in [6.07, 6.45) is 1.39. The van der Waals surface area contributed by atoms with E-state index in [1.54, 1.807) is 13.8 Å². The second kappa shape index (κ2) is 3.53. The summed E-state index contributed by atoms with van der Waals surface area (Å²) in [5, 5.41) is 17.8. The second-order valence-corrected chi connectivity index (χ2v) is 3.09. The molecule has 0 heterocycles. The molecule has 0 radical (unpaired) electrons. The van der Waals surface area contributed by atoms with Crippen molar-refractivity contribution in [2.75, 3.05) is 0 Å². The Kier molecular flexibility index (Phi) is 3.26. The van der Waals surface area contributed by atoms with Gasteiger partial charge in [-0.1, -0.05) is 6.08 Å². The zero-order valence-electron chi connectivity index (χ0n) is 6.87. The van der Waals surface area contributed by atoms with Crippen LogP contribution in [0.15, 0.2) is 12.7 Å². The van der Waals surface area contributed by atoms with Crippen molar-refractivity contribution in [3.63, 3.8) is 0 Å². The van der Waals surface area contributed by atoms with Crippen LogP contribution in [0.1, 0.15) is 20.3 Å². The first-order chi connectivity index (χ1) is 4.88. The molecule has 3 nitrogen and oxygen atoms in total. The first-order valence-electron chi connectivity index (χ1n) is 3.44. The van der Waals surface area contributed by atoms with Gasteiger partial charge in [0, 0.05) is 5.92 Å². The second-order valence-electron chi connectivity index (χ2n) is 3.09. The van der Waals surface area contributed by atoms with Crippen molar-refractivity contribution in [1.29, 1.82) is 0 Å². The highest BCUT2D eigenvalue weighted by molar-refractivity contribution is 5.67. The van der Waals surface area contributed by atoms with Crippen molar-refractivity contribution in [3.05, 3.63) is 12.7 Å². The van der Waals surface area contributed by atoms with E-state index in [4.69, 9.17) is 5.11 Å². The lowest BCUT2D eigenvalue weighted by Crippen LogP contribution is -2.30. The molecule has 0 saturated heterocycles. The third-order valence-corrected chi connectivity index (χ3v) is 1.59. The summed E-state index contributed by atoms with van der Waals surface area (Å²) in [4.78, 5) is 10.3. The lowest BCUT2D eigenvalue weighted by molar-refractivity contribution is -0.139. The Morgan fingerprint density at radius 3 is 2.27 bits per heavy atom. The molecule has 0 aromatic carbocycles. The van der Waals surface area contributed by atoms with Gasteiger partial charge in [0.05, 0.1) is 12.0 Å². The molecule has 0 bridgehead atoms. The van der Waals surface area contributed by atoms with E-state index in [1.807, 2.05) is 0 Å². The third-order valence-electron chi connectivity index (χ3n) is 1.59. The molecule has 0 fully saturated rings. The quantitative estimate of drug-likeness (QED) is 0.601.